The zero-order chi connectivity index (χ0) is 41.2. The standard InChI is InChI=1S/2C24H40N4.BrH.Cu/c2*1-7-27(8-2,9-3)19-21-13-15-23(25-17-21)24-16-14-22(18-26-24)20-28(10-4,11-5)12-6;;/h2*13-18H,7-12,19-20H2,1-6H3;1H;/q2*+2;;+2/p-1. The number of halogens is 1. The van der Waals surface area contributed by atoms with E-state index in [9.17, 15) is 0 Å². The second kappa shape index (κ2) is 25.9. The summed E-state index contributed by atoms with van der Waals surface area (Å²) in [7, 11) is 0. The van der Waals surface area contributed by atoms with Gasteiger partial charge in [-0.25, -0.2) is 0 Å². The molecule has 0 aliphatic carbocycles. The van der Waals surface area contributed by atoms with Gasteiger partial charge in [0.2, 0.25) is 0 Å². The summed E-state index contributed by atoms with van der Waals surface area (Å²) in [5, 5.41) is 0. The Morgan fingerprint density at radius 1 is 0.293 bits per heavy atom. The number of aromatic nitrogens is 4. The van der Waals surface area contributed by atoms with Crippen molar-refractivity contribution in [2.24, 2.45) is 0 Å². The minimum absolute atomic E-state index is 0. The Labute approximate surface area is 376 Å². The Morgan fingerprint density at radius 3 is 0.552 bits per heavy atom. The predicted molar refractivity (Wildman–Crippen MR) is 237 cm³/mol. The van der Waals surface area contributed by atoms with Crippen LogP contribution >= 0.6 is 0 Å². The number of quaternary nitrogens is 4. The minimum atomic E-state index is 0. The Balaban J connectivity index is 0.000000561. The predicted octanol–water partition coefficient (Wildman–Crippen LogP) is 6.79. The summed E-state index contributed by atoms with van der Waals surface area (Å²) in [6.45, 7) is 45.5. The van der Waals surface area contributed by atoms with Crippen LogP contribution in [0, 0.1) is 0 Å². The molecule has 0 bridgehead atoms. The van der Waals surface area contributed by atoms with Crippen LogP contribution in [0.1, 0.15) is 105 Å². The third-order valence-corrected chi connectivity index (χ3v) is 13.9. The first-order chi connectivity index (χ1) is 27.0. The minimum Gasteiger partial charge on any atom is -1.00 e. The van der Waals surface area contributed by atoms with E-state index in [0.29, 0.717) is 0 Å². The monoisotopic (exact) mass is 910 g/mol. The summed E-state index contributed by atoms with van der Waals surface area (Å²) in [4.78, 5) is 18.8. The molecule has 0 aliphatic heterocycles. The summed E-state index contributed by atoms with van der Waals surface area (Å²) < 4.78 is 4.45. The van der Waals surface area contributed by atoms with Gasteiger partial charge in [0.1, 0.15) is 26.2 Å². The van der Waals surface area contributed by atoms with Crippen molar-refractivity contribution in [3.63, 3.8) is 0 Å². The number of hydrogen-bond donors (Lipinski definition) is 0. The number of pyridine rings is 4. The molecule has 4 aromatic rings. The van der Waals surface area contributed by atoms with Crippen molar-refractivity contribution in [3.8, 4) is 22.8 Å². The molecular formula is C48H80BrCuN8+5. The molecule has 0 saturated carbocycles. The van der Waals surface area contributed by atoms with Crippen LogP contribution < -0.4 is 17.0 Å². The van der Waals surface area contributed by atoms with Gasteiger partial charge in [0.15, 0.2) is 0 Å². The molecule has 58 heavy (non-hydrogen) atoms. The van der Waals surface area contributed by atoms with Crippen molar-refractivity contribution in [1.29, 1.82) is 0 Å². The van der Waals surface area contributed by atoms with E-state index in [-0.39, 0.29) is 34.1 Å². The third kappa shape index (κ3) is 14.3. The average Bonchev–Trinajstić information content (AvgIpc) is 3.27. The number of nitrogens with zero attached hydrogens (tertiary/aromatic N) is 8. The molecule has 0 amide bonds. The molecule has 10 heteroatoms. The van der Waals surface area contributed by atoms with E-state index in [0.717, 1.165) is 145 Å². The van der Waals surface area contributed by atoms with Gasteiger partial charge in [-0.3, -0.25) is 19.9 Å². The normalized spacial score (nSPS) is 11.9. The third-order valence-electron chi connectivity index (χ3n) is 13.9. The molecule has 0 atom stereocenters. The van der Waals surface area contributed by atoms with Crippen LogP contribution in [0.4, 0.5) is 0 Å². The van der Waals surface area contributed by atoms with Crippen molar-refractivity contribution in [2.75, 3.05) is 78.5 Å². The maximum Gasteiger partial charge on any atom is 2.00 e. The number of rotatable bonds is 22. The zero-order valence-electron chi connectivity index (χ0n) is 38.5. The van der Waals surface area contributed by atoms with Crippen LogP contribution in [-0.4, -0.2) is 116 Å². The smallest absolute Gasteiger partial charge is 1.00 e. The van der Waals surface area contributed by atoms with Crippen molar-refractivity contribution >= 4 is 0 Å². The van der Waals surface area contributed by atoms with Gasteiger partial charge in [-0.2, -0.15) is 0 Å². The molecule has 0 unspecified atom stereocenters. The molecule has 4 aromatic heterocycles. The molecule has 0 saturated heterocycles. The topological polar surface area (TPSA) is 51.6 Å². The first-order valence-corrected chi connectivity index (χ1v) is 22.2. The Kier molecular flexibility index (Phi) is 23.9. The molecule has 0 spiro atoms. The van der Waals surface area contributed by atoms with Crippen LogP contribution in [0.15, 0.2) is 73.3 Å². The van der Waals surface area contributed by atoms with Gasteiger partial charge >= 0.3 is 17.1 Å². The first kappa shape index (κ1) is 53.5. The van der Waals surface area contributed by atoms with Gasteiger partial charge in [0.05, 0.1) is 101 Å². The van der Waals surface area contributed by atoms with Crippen molar-refractivity contribution in [2.45, 2.75) is 109 Å². The maximum atomic E-state index is 4.71. The summed E-state index contributed by atoms with van der Waals surface area (Å²) in [6.07, 6.45) is 8.14. The second-order valence-electron chi connectivity index (χ2n) is 16.0. The fraction of sp³-hybridized carbons (Fsp3) is 0.583. The average molecular weight is 913 g/mol. The Bertz CT molecular complexity index is 1380. The first-order valence-electron chi connectivity index (χ1n) is 22.2. The second-order valence-corrected chi connectivity index (χ2v) is 16.0. The van der Waals surface area contributed by atoms with Crippen LogP contribution in [0.3, 0.4) is 0 Å². The van der Waals surface area contributed by atoms with Gasteiger partial charge in [-0.05, 0) is 132 Å². The Morgan fingerprint density at radius 2 is 0.448 bits per heavy atom. The van der Waals surface area contributed by atoms with E-state index in [1.54, 1.807) is 0 Å². The fourth-order valence-corrected chi connectivity index (χ4v) is 8.25. The van der Waals surface area contributed by atoms with E-state index in [2.05, 4.69) is 132 Å². The van der Waals surface area contributed by atoms with E-state index in [4.69, 9.17) is 19.9 Å². The van der Waals surface area contributed by atoms with Crippen molar-refractivity contribution in [1.82, 2.24) is 19.9 Å². The van der Waals surface area contributed by atoms with E-state index in [1.165, 1.54) is 22.3 Å². The van der Waals surface area contributed by atoms with Gasteiger partial charge < -0.3 is 34.9 Å². The van der Waals surface area contributed by atoms with Gasteiger partial charge in [0, 0.05) is 47.0 Å². The fourth-order valence-electron chi connectivity index (χ4n) is 8.25. The molecule has 8 nitrogen and oxygen atoms in total. The molecule has 325 valence electrons. The SMILES string of the molecule is CC[N+](CC)(CC)Cc1ccc(-c2ccc(C[N+](CC)(CC)CC)cn2)nc1.CC[N+](CC)(CC)Cc1ccc(-c2ccc(C[N+](CC)(CC)CC)cn2)nc1.[Br-].[Cu+2]. The molecule has 4 rings (SSSR count). The summed E-state index contributed by atoms with van der Waals surface area (Å²) >= 11 is 0. The molecule has 0 aromatic carbocycles. The van der Waals surface area contributed by atoms with E-state index >= 15 is 0 Å². The van der Waals surface area contributed by atoms with Crippen LogP contribution in [0.5, 0.6) is 0 Å². The largest absolute Gasteiger partial charge is 2.00 e. The van der Waals surface area contributed by atoms with E-state index < -0.39 is 0 Å². The summed E-state index contributed by atoms with van der Waals surface area (Å²) in [6, 6.07) is 17.4. The Hall–Kier alpha value is -2.56. The summed E-state index contributed by atoms with van der Waals surface area (Å²) in [5.41, 5.74) is 9.06. The maximum absolute atomic E-state index is 4.71. The molecule has 0 aliphatic rings. The molecule has 0 N–H and O–H groups in total. The van der Waals surface area contributed by atoms with Crippen molar-refractivity contribution in [3.05, 3.63) is 95.6 Å². The molecule has 4 heterocycles. The summed E-state index contributed by atoms with van der Waals surface area (Å²) in [5.74, 6) is 0. The van der Waals surface area contributed by atoms with Crippen LogP contribution in [0.25, 0.3) is 22.8 Å². The van der Waals surface area contributed by atoms with E-state index in [1.807, 2.05) is 24.8 Å². The van der Waals surface area contributed by atoms with Gasteiger partial charge in [-0.1, -0.05) is 0 Å². The van der Waals surface area contributed by atoms with Crippen molar-refractivity contribution < 1.29 is 52.0 Å². The zero-order valence-corrected chi connectivity index (χ0v) is 41.0. The van der Waals surface area contributed by atoms with Gasteiger partial charge in [-0.15, -0.1) is 0 Å². The quantitative estimate of drug-likeness (QED) is 0.0645. The molecular weight excluding hydrogens is 832 g/mol. The van der Waals surface area contributed by atoms with Crippen LogP contribution in [-0.2, 0) is 43.2 Å². The molecule has 0 fully saturated rings. The van der Waals surface area contributed by atoms with Gasteiger partial charge in [0.25, 0.3) is 0 Å². The number of hydrogen-bond acceptors (Lipinski definition) is 4. The van der Waals surface area contributed by atoms with Crippen LogP contribution in [0.2, 0.25) is 0 Å². The molecule has 1 radical (unpaired) electrons.